The van der Waals surface area contributed by atoms with Crippen LogP contribution in [0.25, 0.3) is 12.2 Å². The molecule has 0 bridgehead atoms. The molecule has 0 fully saturated rings. The summed E-state index contributed by atoms with van der Waals surface area (Å²) >= 11 is 4.74. The number of allylic oxidation sites excluding steroid dienone is 2. The molecule has 0 atom stereocenters. The fourth-order valence-electron chi connectivity index (χ4n) is 1.65. The van der Waals surface area contributed by atoms with Gasteiger partial charge in [0.1, 0.15) is 6.29 Å². The molecule has 20 heavy (non-hydrogen) atoms. The van der Waals surface area contributed by atoms with Crippen LogP contribution in [0.15, 0.2) is 52.3 Å². The highest BCUT2D eigenvalue weighted by Crippen LogP contribution is 2.23. The third-order valence-electron chi connectivity index (χ3n) is 2.58. The number of benzene rings is 1. The molecule has 0 aliphatic heterocycles. The quantitative estimate of drug-likeness (QED) is 0.449. The monoisotopic (exact) mass is 346 g/mol. The minimum atomic E-state index is -0.0325. The average Bonchev–Trinajstić information content (AvgIpc) is 2.90. The van der Waals surface area contributed by atoms with E-state index >= 15 is 0 Å². The summed E-state index contributed by atoms with van der Waals surface area (Å²) in [5, 5.41) is 0. The highest BCUT2D eigenvalue weighted by molar-refractivity contribution is 9.11. The maximum atomic E-state index is 12.0. The maximum absolute atomic E-state index is 12.0. The molecular weight excluding hydrogens is 336 g/mol. The van der Waals surface area contributed by atoms with E-state index in [-0.39, 0.29) is 5.78 Å². The van der Waals surface area contributed by atoms with Crippen molar-refractivity contribution < 1.29 is 9.59 Å². The molecule has 0 saturated carbocycles. The van der Waals surface area contributed by atoms with E-state index in [9.17, 15) is 9.59 Å². The van der Waals surface area contributed by atoms with Gasteiger partial charge in [-0.1, -0.05) is 36.4 Å². The Morgan fingerprint density at radius 1 is 1.05 bits per heavy atom. The van der Waals surface area contributed by atoms with Crippen molar-refractivity contribution in [3.05, 3.63) is 68.3 Å². The summed E-state index contributed by atoms with van der Waals surface area (Å²) in [4.78, 5) is 23.1. The van der Waals surface area contributed by atoms with Gasteiger partial charge in [0.25, 0.3) is 0 Å². The van der Waals surface area contributed by atoms with Crippen molar-refractivity contribution >= 4 is 51.5 Å². The van der Waals surface area contributed by atoms with Gasteiger partial charge < -0.3 is 0 Å². The molecule has 0 radical (unpaired) electrons. The largest absolute Gasteiger partial charge is 0.299 e. The SMILES string of the molecule is O=C/C=C/c1ccccc1/C=C/C(=O)c1ccc(Br)s1. The molecule has 0 aliphatic carbocycles. The average molecular weight is 347 g/mol. The highest BCUT2D eigenvalue weighted by atomic mass is 79.9. The topological polar surface area (TPSA) is 34.1 Å². The Morgan fingerprint density at radius 2 is 1.75 bits per heavy atom. The van der Waals surface area contributed by atoms with Crippen LogP contribution in [-0.2, 0) is 4.79 Å². The Labute approximate surface area is 129 Å². The molecule has 0 N–H and O–H groups in total. The third-order valence-corrected chi connectivity index (χ3v) is 4.22. The standard InChI is InChI=1S/C16H11BrO2S/c17-16-10-9-15(20-16)14(19)8-7-13-5-2-1-4-12(13)6-3-11-18/h1-11H/b6-3+,8-7+. The van der Waals surface area contributed by atoms with Crippen molar-refractivity contribution in [2.75, 3.05) is 0 Å². The molecule has 4 heteroatoms. The van der Waals surface area contributed by atoms with Gasteiger partial charge in [0, 0.05) is 0 Å². The van der Waals surface area contributed by atoms with Gasteiger partial charge in [0.15, 0.2) is 5.78 Å². The Kier molecular flexibility index (Phi) is 5.21. The van der Waals surface area contributed by atoms with E-state index in [4.69, 9.17) is 0 Å². The molecule has 100 valence electrons. The van der Waals surface area contributed by atoms with Gasteiger partial charge in [-0.25, -0.2) is 0 Å². The molecular formula is C16H11BrO2S. The molecule has 1 heterocycles. The smallest absolute Gasteiger partial charge is 0.195 e. The van der Waals surface area contributed by atoms with Crippen LogP contribution in [0.1, 0.15) is 20.8 Å². The highest BCUT2D eigenvalue weighted by Gasteiger charge is 2.05. The van der Waals surface area contributed by atoms with E-state index in [1.54, 1.807) is 24.3 Å². The van der Waals surface area contributed by atoms with E-state index in [0.717, 1.165) is 21.2 Å². The maximum Gasteiger partial charge on any atom is 0.195 e. The minimum Gasteiger partial charge on any atom is -0.299 e. The number of carbonyl (C=O) groups is 2. The zero-order valence-corrected chi connectivity index (χ0v) is 12.9. The van der Waals surface area contributed by atoms with Crippen molar-refractivity contribution in [3.8, 4) is 0 Å². The number of aldehydes is 1. The van der Waals surface area contributed by atoms with E-state index in [1.807, 2.05) is 30.3 Å². The minimum absolute atomic E-state index is 0.0325. The first kappa shape index (κ1) is 14.6. The summed E-state index contributed by atoms with van der Waals surface area (Å²) in [6, 6.07) is 11.2. The van der Waals surface area contributed by atoms with Gasteiger partial charge in [0.05, 0.1) is 8.66 Å². The van der Waals surface area contributed by atoms with Crippen LogP contribution in [-0.4, -0.2) is 12.1 Å². The van der Waals surface area contributed by atoms with E-state index in [0.29, 0.717) is 4.88 Å². The summed E-state index contributed by atoms with van der Waals surface area (Å²) in [6.45, 7) is 0. The molecule has 2 rings (SSSR count). The number of rotatable bonds is 5. The summed E-state index contributed by atoms with van der Waals surface area (Å²) in [5.41, 5.74) is 1.80. The van der Waals surface area contributed by atoms with Crippen LogP contribution in [0, 0.1) is 0 Å². The molecule has 1 aromatic carbocycles. The molecule has 2 nitrogen and oxygen atoms in total. The second-order valence-corrected chi connectivity index (χ2v) is 6.39. The van der Waals surface area contributed by atoms with Crippen LogP contribution in [0.3, 0.4) is 0 Å². The number of carbonyl (C=O) groups excluding carboxylic acids is 2. The van der Waals surface area contributed by atoms with Crippen LogP contribution in [0.4, 0.5) is 0 Å². The predicted molar refractivity (Wildman–Crippen MR) is 86.9 cm³/mol. The van der Waals surface area contributed by atoms with Crippen molar-refractivity contribution in [2.24, 2.45) is 0 Å². The van der Waals surface area contributed by atoms with Gasteiger partial charge in [0.2, 0.25) is 0 Å². The van der Waals surface area contributed by atoms with Crippen LogP contribution < -0.4 is 0 Å². The van der Waals surface area contributed by atoms with Crippen LogP contribution in [0.2, 0.25) is 0 Å². The van der Waals surface area contributed by atoms with Gasteiger partial charge in [-0.2, -0.15) is 0 Å². The van der Waals surface area contributed by atoms with Gasteiger partial charge in [-0.3, -0.25) is 9.59 Å². The van der Waals surface area contributed by atoms with E-state index in [2.05, 4.69) is 15.9 Å². The summed E-state index contributed by atoms with van der Waals surface area (Å²) in [5.74, 6) is -0.0325. The first-order chi connectivity index (χ1) is 9.70. The number of hydrogen-bond acceptors (Lipinski definition) is 3. The Bertz CT molecular complexity index is 683. The van der Waals surface area contributed by atoms with Gasteiger partial charge in [-0.15, -0.1) is 11.3 Å². The predicted octanol–water partition coefficient (Wildman–Crippen LogP) is 4.62. The molecule has 0 unspecified atom stereocenters. The van der Waals surface area contributed by atoms with Crippen molar-refractivity contribution in [2.45, 2.75) is 0 Å². The van der Waals surface area contributed by atoms with Crippen molar-refractivity contribution in [1.29, 1.82) is 0 Å². The lowest BCUT2D eigenvalue weighted by Gasteiger charge is -1.99. The lowest BCUT2D eigenvalue weighted by molar-refractivity contribution is -0.104. The number of halogens is 1. The first-order valence-corrected chi connectivity index (χ1v) is 7.50. The van der Waals surface area contributed by atoms with Crippen molar-refractivity contribution in [1.82, 2.24) is 0 Å². The fraction of sp³-hybridized carbons (Fsp3) is 0. The normalized spacial score (nSPS) is 11.2. The lowest BCUT2D eigenvalue weighted by Crippen LogP contribution is -1.89. The van der Waals surface area contributed by atoms with Gasteiger partial charge >= 0.3 is 0 Å². The van der Waals surface area contributed by atoms with Crippen molar-refractivity contribution in [3.63, 3.8) is 0 Å². The summed E-state index contributed by atoms with van der Waals surface area (Å²) < 4.78 is 0.934. The van der Waals surface area contributed by atoms with Crippen LogP contribution >= 0.6 is 27.3 Å². The van der Waals surface area contributed by atoms with E-state index in [1.165, 1.54) is 17.4 Å². The number of hydrogen-bond donors (Lipinski definition) is 0. The molecule has 2 aromatic rings. The number of thiophene rings is 1. The molecule has 0 saturated heterocycles. The molecule has 1 aromatic heterocycles. The zero-order chi connectivity index (χ0) is 14.4. The number of ketones is 1. The van der Waals surface area contributed by atoms with Crippen LogP contribution in [0.5, 0.6) is 0 Å². The second-order valence-electron chi connectivity index (χ2n) is 3.93. The first-order valence-electron chi connectivity index (χ1n) is 5.89. The lowest BCUT2D eigenvalue weighted by atomic mass is 10.1. The summed E-state index contributed by atoms with van der Waals surface area (Å²) in [6.07, 6.45) is 7.20. The van der Waals surface area contributed by atoms with Gasteiger partial charge in [-0.05, 0) is 51.3 Å². The molecule has 0 spiro atoms. The Balaban J connectivity index is 2.21. The second kappa shape index (κ2) is 7.12. The van der Waals surface area contributed by atoms with E-state index < -0.39 is 0 Å². The Hall–Kier alpha value is -1.78. The molecule has 0 aliphatic rings. The third kappa shape index (κ3) is 3.85. The fourth-order valence-corrected chi connectivity index (χ4v) is 2.96. The zero-order valence-electron chi connectivity index (χ0n) is 10.5. The Morgan fingerprint density at radius 3 is 2.35 bits per heavy atom. The molecule has 0 amide bonds. The summed E-state index contributed by atoms with van der Waals surface area (Å²) in [7, 11) is 0.